The summed E-state index contributed by atoms with van der Waals surface area (Å²) in [5.41, 5.74) is 0. The van der Waals surface area contributed by atoms with Gasteiger partial charge in [-0.2, -0.15) is 0 Å². The highest BCUT2D eigenvalue weighted by molar-refractivity contribution is 6.35. The van der Waals surface area contributed by atoms with Crippen molar-refractivity contribution in [1.29, 1.82) is 0 Å². The lowest BCUT2D eigenvalue weighted by Crippen LogP contribution is -2.33. The number of likely N-dealkylation sites (tertiary alicyclic amines) is 1. The van der Waals surface area contributed by atoms with Crippen molar-refractivity contribution in [3.63, 3.8) is 0 Å². The molecule has 2 aliphatic rings. The van der Waals surface area contributed by atoms with Crippen LogP contribution >= 0.6 is 23.2 Å². The number of nitrogens with zero attached hydrogens (tertiary/aromatic N) is 1. The maximum Gasteiger partial charge on any atom is 0.225 e. The highest BCUT2D eigenvalue weighted by Crippen LogP contribution is 2.28. The first-order chi connectivity index (χ1) is 11.1. The third-order valence-electron chi connectivity index (χ3n) is 4.84. The fraction of sp³-hybridized carbons (Fsp3) is 0.588. The van der Waals surface area contributed by atoms with Crippen molar-refractivity contribution in [2.45, 2.75) is 19.3 Å². The number of hydrogen-bond acceptors (Lipinski definition) is 3. The van der Waals surface area contributed by atoms with E-state index in [0.717, 1.165) is 50.9 Å². The molecule has 4 nitrogen and oxygen atoms in total. The number of hydrogen-bond donors (Lipinski definition) is 1. The summed E-state index contributed by atoms with van der Waals surface area (Å²) in [5, 5.41) is 4.50. The second-order valence-electron chi connectivity index (χ2n) is 6.31. The lowest BCUT2D eigenvalue weighted by Gasteiger charge is -2.21. The summed E-state index contributed by atoms with van der Waals surface area (Å²) >= 11 is 11.9. The molecule has 6 heteroatoms. The molecule has 0 unspecified atom stereocenters. The van der Waals surface area contributed by atoms with E-state index in [-0.39, 0.29) is 5.91 Å². The van der Waals surface area contributed by atoms with E-state index in [2.05, 4.69) is 5.32 Å². The van der Waals surface area contributed by atoms with E-state index < -0.39 is 0 Å². The molecule has 2 atom stereocenters. The van der Waals surface area contributed by atoms with Crippen molar-refractivity contribution in [2.24, 2.45) is 11.8 Å². The Morgan fingerprint density at radius 3 is 2.57 bits per heavy atom. The van der Waals surface area contributed by atoms with Gasteiger partial charge in [0.15, 0.2) is 0 Å². The molecule has 0 radical (unpaired) electrons. The van der Waals surface area contributed by atoms with E-state index in [0.29, 0.717) is 28.8 Å². The molecule has 0 aliphatic carbocycles. The number of carbonyl (C=O) groups excluding carboxylic acids is 1. The van der Waals surface area contributed by atoms with Gasteiger partial charge in [-0.3, -0.25) is 4.79 Å². The van der Waals surface area contributed by atoms with E-state index in [1.807, 2.05) is 4.90 Å². The minimum absolute atomic E-state index is 0.169. The average molecular weight is 357 g/mol. The number of fused-ring (bicyclic) bond motifs is 1. The standard InChI is InChI=1S/C17H22Cl2N2O2/c18-14-1-2-16(15(19)9-14)23-8-5-17(22)21-6-3-12-10-20-11-13(12)4-7-21/h1-2,9,12-13,20H,3-8,10-11H2/t12-,13+. The molecule has 0 saturated carbocycles. The van der Waals surface area contributed by atoms with Gasteiger partial charge in [0, 0.05) is 18.1 Å². The third-order valence-corrected chi connectivity index (χ3v) is 5.37. The summed E-state index contributed by atoms with van der Waals surface area (Å²) in [6.07, 6.45) is 2.59. The Morgan fingerprint density at radius 2 is 1.91 bits per heavy atom. The normalized spacial score (nSPS) is 24.2. The lowest BCUT2D eigenvalue weighted by atomic mass is 9.92. The summed E-state index contributed by atoms with van der Waals surface area (Å²) in [6.45, 7) is 4.27. The molecule has 0 bridgehead atoms. The second kappa shape index (κ2) is 7.73. The predicted molar refractivity (Wildman–Crippen MR) is 92.2 cm³/mol. The SMILES string of the molecule is O=C(CCOc1ccc(Cl)cc1Cl)N1CC[C@@H]2CNC[C@@H]2CC1. The molecule has 2 saturated heterocycles. The largest absolute Gasteiger partial charge is 0.491 e. The topological polar surface area (TPSA) is 41.6 Å². The number of carbonyl (C=O) groups is 1. The van der Waals surface area contributed by atoms with E-state index in [1.54, 1.807) is 18.2 Å². The molecule has 2 fully saturated rings. The van der Waals surface area contributed by atoms with Gasteiger partial charge in [0.2, 0.25) is 5.91 Å². The van der Waals surface area contributed by atoms with Crippen LogP contribution in [0, 0.1) is 11.8 Å². The summed E-state index contributed by atoms with van der Waals surface area (Å²) in [6, 6.07) is 5.10. The Labute approximate surface area is 147 Å². The van der Waals surface area contributed by atoms with Gasteiger partial charge in [-0.25, -0.2) is 0 Å². The molecule has 1 aromatic carbocycles. The maximum atomic E-state index is 12.4. The van der Waals surface area contributed by atoms with Crippen molar-refractivity contribution < 1.29 is 9.53 Å². The number of halogens is 2. The van der Waals surface area contributed by atoms with E-state index in [9.17, 15) is 4.79 Å². The summed E-state index contributed by atoms with van der Waals surface area (Å²) in [7, 11) is 0. The molecule has 126 valence electrons. The van der Waals surface area contributed by atoms with Crippen LogP contribution in [-0.4, -0.2) is 43.6 Å². The van der Waals surface area contributed by atoms with Crippen LogP contribution in [0.2, 0.25) is 10.0 Å². The summed E-state index contributed by atoms with van der Waals surface area (Å²) in [4.78, 5) is 14.4. The number of ether oxygens (including phenoxy) is 1. The molecule has 1 amide bonds. The van der Waals surface area contributed by atoms with Gasteiger partial charge >= 0.3 is 0 Å². The zero-order chi connectivity index (χ0) is 16.2. The monoisotopic (exact) mass is 356 g/mol. The van der Waals surface area contributed by atoms with Crippen LogP contribution in [0.5, 0.6) is 5.75 Å². The van der Waals surface area contributed by atoms with Crippen molar-refractivity contribution in [1.82, 2.24) is 10.2 Å². The summed E-state index contributed by atoms with van der Waals surface area (Å²) in [5.74, 6) is 2.21. The van der Waals surface area contributed by atoms with Crippen LogP contribution in [0.15, 0.2) is 18.2 Å². The Balaban J connectivity index is 1.45. The van der Waals surface area contributed by atoms with Crippen LogP contribution in [0.1, 0.15) is 19.3 Å². The van der Waals surface area contributed by atoms with Crippen LogP contribution in [0.25, 0.3) is 0 Å². The molecular formula is C17H22Cl2N2O2. The van der Waals surface area contributed by atoms with Gasteiger partial charge in [-0.15, -0.1) is 0 Å². The molecule has 1 aromatic rings. The van der Waals surface area contributed by atoms with Gasteiger partial charge in [-0.05, 0) is 56.0 Å². The van der Waals surface area contributed by atoms with Gasteiger partial charge in [0.25, 0.3) is 0 Å². The van der Waals surface area contributed by atoms with Crippen LogP contribution in [-0.2, 0) is 4.79 Å². The van der Waals surface area contributed by atoms with Crippen molar-refractivity contribution in [3.05, 3.63) is 28.2 Å². The number of nitrogens with one attached hydrogen (secondary N) is 1. The van der Waals surface area contributed by atoms with E-state index in [1.165, 1.54) is 0 Å². The number of amides is 1. The lowest BCUT2D eigenvalue weighted by molar-refractivity contribution is -0.131. The van der Waals surface area contributed by atoms with E-state index in [4.69, 9.17) is 27.9 Å². The zero-order valence-corrected chi connectivity index (χ0v) is 14.6. The summed E-state index contributed by atoms with van der Waals surface area (Å²) < 4.78 is 5.61. The van der Waals surface area contributed by atoms with Gasteiger partial charge in [-0.1, -0.05) is 23.2 Å². The number of benzene rings is 1. The fourth-order valence-corrected chi connectivity index (χ4v) is 3.93. The molecular weight excluding hydrogens is 335 g/mol. The smallest absolute Gasteiger partial charge is 0.225 e. The Bertz CT molecular complexity index is 554. The van der Waals surface area contributed by atoms with Gasteiger partial charge in [0.05, 0.1) is 18.1 Å². The highest BCUT2D eigenvalue weighted by Gasteiger charge is 2.31. The molecule has 2 heterocycles. The molecule has 3 rings (SSSR count). The maximum absolute atomic E-state index is 12.4. The Morgan fingerprint density at radius 1 is 1.22 bits per heavy atom. The molecule has 1 N–H and O–H groups in total. The molecule has 2 aliphatic heterocycles. The molecule has 23 heavy (non-hydrogen) atoms. The quantitative estimate of drug-likeness (QED) is 0.900. The Hall–Kier alpha value is -0.970. The minimum atomic E-state index is 0.169. The first-order valence-electron chi connectivity index (χ1n) is 8.20. The first-order valence-corrected chi connectivity index (χ1v) is 8.95. The second-order valence-corrected chi connectivity index (χ2v) is 7.15. The predicted octanol–water partition coefficient (Wildman–Crippen LogP) is 3.22. The zero-order valence-electron chi connectivity index (χ0n) is 13.1. The van der Waals surface area contributed by atoms with Gasteiger partial charge in [0.1, 0.15) is 5.75 Å². The van der Waals surface area contributed by atoms with Crippen LogP contribution in [0.3, 0.4) is 0 Å². The highest BCUT2D eigenvalue weighted by atomic mass is 35.5. The van der Waals surface area contributed by atoms with Crippen molar-refractivity contribution >= 4 is 29.1 Å². The van der Waals surface area contributed by atoms with Gasteiger partial charge < -0.3 is 15.0 Å². The fourth-order valence-electron chi connectivity index (χ4n) is 3.47. The van der Waals surface area contributed by atoms with E-state index >= 15 is 0 Å². The van der Waals surface area contributed by atoms with Crippen molar-refractivity contribution in [3.8, 4) is 5.75 Å². The average Bonchev–Trinajstić information content (AvgIpc) is 2.88. The Kier molecular flexibility index (Phi) is 5.67. The van der Waals surface area contributed by atoms with Crippen LogP contribution < -0.4 is 10.1 Å². The minimum Gasteiger partial charge on any atom is -0.491 e. The molecule has 0 aromatic heterocycles. The van der Waals surface area contributed by atoms with Crippen molar-refractivity contribution in [2.75, 3.05) is 32.8 Å². The first kappa shape index (κ1) is 16.9. The third kappa shape index (κ3) is 4.31. The number of rotatable bonds is 4. The van der Waals surface area contributed by atoms with Crippen LogP contribution in [0.4, 0.5) is 0 Å². The molecule has 0 spiro atoms.